The fourth-order valence-electron chi connectivity index (χ4n) is 2.45. The molecule has 0 amide bonds. The number of benzene rings is 1. The van der Waals surface area contributed by atoms with Gasteiger partial charge in [-0.15, -0.1) is 0 Å². The van der Waals surface area contributed by atoms with Crippen LogP contribution in [0.5, 0.6) is 11.5 Å². The molecule has 1 saturated heterocycles. The van der Waals surface area contributed by atoms with Crippen LogP contribution < -0.4 is 26.1 Å². The zero-order valence-electron chi connectivity index (χ0n) is 11.1. The smallest absolute Gasteiger partial charge is 0.127 e. The van der Waals surface area contributed by atoms with Crippen LogP contribution in [0.3, 0.4) is 0 Å². The lowest BCUT2D eigenvalue weighted by Gasteiger charge is -2.21. The molecule has 1 heterocycles. The van der Waals surface area contributed by atoms with Crippen LogP contribution in [0.4, 0.5) is 0 Å². The van der Waals surface area contributed by atoms with Gasteiger partial charge < -0.3 is 15.2 Å². The summed E-state index contributed by atoms with van der Waals surface area (Å²) in [6, 6.07) is 6.36. The standard InChI is InChI=1S/C13H21N3O2/c1-8-11(7-14)13(16-15-8)10-5-4-9(17-2)6-12(10)18-3/h4-6,8,11,13,15-16H,7,14H2,1-3H3. The largest absolute Gasteiger partial charge is 0.497 e. The van der Waals surface area contributed by atoms with E-state index in [1.807, 2.05) is 18.2 Å². The first-order chi connectivity index (χ1) is 8.71. The summed E-state index contributed by atoms with van der Waals surface area (Å²) >= 11 is 0. The van der Waals surface area contributed by atoms with Gasteiger partial charge in [0.05, 0.1) is 20.3 Å². The highest BCUT2D eigenvalue weighted by Crippen LogP contribution is 2.35. The molecule has 1 aromatic rings. The maximum absolute atomic E-state index is 5.85. The van der Waals surface area contributed by atoms with E-state index in [9.17, 15) is 0 Å². The van der Waals surface area contributed by atoms with Gasteiger partial charge in [0.15, 0.2) is 0 Å². The Kier molecular flexibility index (Phi) is 4.06. The van der Waals surface area contributed by atoms with Crippen molar-refractivity contribution in [2.45, 2.75) is 19.0 Å². The summed E-state index contributed by atoms with van der Waals surface area (Å²) in [4.78, 5) is 0. The molecule has 1 aliphatic rings. The molecular weight excluding hydrogens is 230 g/mol. The summed E-state index contributed by atoms with van der Waals surface area (Å²) in [5.74, 6) is 1.95. The van der Waals surface area contributed by atoms with Crippen LogP contribution in [0.15, 0.2) is 18.2 Å². The number of hydrogen-bond acceptors (Lipinski definition) is 5. The van der Waals surface area contributed by atoms with Crippen LogP contribution >= 0.6 is 0 Å². The second-order valence-electron chi connectivity index (χ2n) is 4.56. The third kappa shape index (κ3) is 2.29. The molecule has 100 valence electrons. The van der Waals surface area contributed by atoms with Gasteiger partial charge in [0.1, 0.15) is 11.5 Å². The minimum atomic E-state index is 0.158. The molecule has 0 radical (unpaired) electrons. The average Bonchev–Trinajstić information content (AvgIpc) is 2.78. The number of ether oxygens (including phenoxy) is 2. The Labute approximate surface area is 108 Å². The number of nitrogens with one attached hydrogen (secondary N) is 2. The topological polar surface area (TPSA) is 68.5 Å². The minimum absolute atomic E-state index is 0.158. The Morgan fingerprint density at radius 1 is 1.22 bits per heavy atom. The van der Waals surface area contributed by atoms with Gasteiger partial charge >= 0.3 is 0 Å². The summed E-state index contributed by atoms with van der Waals surface area (Å²) in [5, 5.41) is 0. The number of nitrogens with two attached hydrogens (primary N) is 1. The Morgan fingerprint density at radius 3 is 2.61 bits per heavy atom. The maximum atomic E-state index is 5.85. The Bertz CT molecular complexity index is 411. The quantitative estimate of drug-likeness (QED) is 0.739. The molecule has 0 spiro atoms. The second-order valence-corrected chi connectivity index (χ2v) is 4.56. The third-order valence-corrected chi connectivity index (χ3v) is 3.58. The van der Waals surface area contributed by atoms with Gasteiger partial charge in [-0.05, 0) is 19.5 Å². The maximum Gasteiger partial charge on any atom is 0.127 e. The van der Waals surface area contributed by atoms with Gasteiger partial charge in [-0.3, -0.25) is 5.43 Å². The molecule has 2 rings (SSSR count). The molecule has 1 aliphatic heterocycles. The van der Waals surface area contributed by atoms with Crippen molar-refractivity contribution < 1.29 is 9.47 Å². The third-order valence-electron chi connectivity index (χ3n) is 3.58. The molecule has 3 unspecified atom stereocenters. The monoisotopic (exact) mass is 251 g/mol. The highest BCUT2D eigenvalue weighted by Gasteiger charge is 2.34. The van der Waals surface area contributed by atoms with E-state index in [0.29, 0.717) is 18.5 Å². The first kappa shape index (κ1) is 13.1. The lowest BCUT2D eigenvalue weighted by molar-refractivity contribution is 0.375. The molecule has 0 bridgehead atoms. The first-order valence-electron chi connectivity index (χ1n) is 6.14. The summed E-state index contributed by atoms with van der Waals surface area (Å²) in [7, 11) is 3.32. The van der Waals surface area contributed by atoms with E-state index < -0.39 is 0 Å². The molecule has 5 heteroatoms. The fourth-order valence-corrected chi connectivity index (χ4v) is 2.45. The van der Waals surface area contributed by atoms with Crippen molar-refractivity contribution in [3.63, 3.8) is 0 Å². The summed E-state index contributed by atoms with van der Waals surface area (Å²) in [6.45, 7) is 2.75. The zero-order valence-corrected chi connectivity index (χ0v) is 11.1. The molecule has 4 N–H and O–H groups in total. The molecule has 0 aromatic heterocycles. The van der Waals surface area contributed by atoms with Crippen LogP contribution in [0.25, 0.3) is 0 Å². The zero-order chi connectivity index (χ0) is 13.1. The lowest BCUT2D eigenvalue weighted by Crippen LogP contribution is -2.30. The van der Waals surface area contributed by atoms with E-state index in [-0.39, 0.29) is 6.04 Å². The van der Waals surface area contributed by atoms with E-state index in [0.717, 1.165) is 17.1 Å². The molecule has 3 atom stereocenters. The van der Waals surface area contributed by atoms with Crippen molar-refractivity contribution in [1.82, 2.24) is 10.9 Å². The summed E-state index contributed by atoms with van der Waals surface area (Å²) in [5.41, 5.74) is 13.5. The number of rotatable bonds is 4. The van der Waals surface area contributed by atoms with Crippen molar-refractivity contribution in [3.05, 3.63) is 23.8 Å². The predicted octanol–water partition coefficient (Wildman–Crippen LogP) is 0.816. The van der Waals surface area contributed by atoms with Crippen molar-refractivity contribution in [3.8, 4) is 11.5 Å². The van der Waals surface area contributed by atoms with Gasteiger partial charge in [0, 0.05) is 23.6 Å². The van der Waals surface area contributed by atoms with Crippen LogP contribution in [-0.2, 0) is 0 Å². The molecule has 5 nitrogen and oxygen atoms in total. The molecule has 1 aromatic carbocycles. The van der Waals surface area contributed by atoms with Gasteiger partial charge in [0.2, 0.25) is 0 Å². The number of hydrazine groups is 1. The van der Waals surface area contributed by atoms with Crippen LogP contribution in [0.1, 0.15) is 18.5 Å². The minimum Gasteiger partial charge on any atom is -0.497 e. The van der Waals surface area contributed by atoms with Gasteiger partial charge in [-0.25, -0.2) is 5.43 Å². The molecule has 1 fully saturated rings. The average molecular weight is 251 g/mol. The Hall–Kier alpha value is -1.30. The van der Waals surface area contributed by atoms with Crippen molar-refractivity contribution >= 4 is 0 Å². The molecule has 0 saturated carbocycles. The van der Waals surface area contributed by atoms with Crippen molar-refractivity contribution in [2.24, 2.45) is 11.7 Å². The van der Waals surface area contributed by atoms with E-state index in [1.54, 1.807) is 14.2 Å². The number of methoxy groups -OCH3 is 2. The predicted molar refractivity (Wildman–Crippen MR) is 70.6 cm³/mol. The van der Waals surface area contributed by atoms with Crippen LogP contribution in [0, 0.1) is 5.92 Å². The van der Waals surface area contributed by atoms with E-state index in [4.69, 9.17) is 15.2 Å². The van der Waals surface area contributed by atoms with E-state index in [1.165, 1.54) is 0 Å². The summed E-state index contributed by atoms with van der Waals surface area (Å²) in [6.07, 6.45) is 0. The highest BCUT2D eigenvalue weighted by atomic mass is 16.5. The fraction of sp³-hybridized carbons (Fsp3) is 0.538. The first-order valence-corrected chi connectivity index (χ1v) is 6.14. The van der Waals surface area contributed by atoms with Gasteiger partial charge in [-0.2, -0.15) is 0 Å². The molecule has 0 aliphatic carbocycles. The second kappa shape index (κ2) is 5.56. The van der Waals surface area contributed by atoms with Crippen LogP contribution in [-0.4, -0.2) is 26.8 Å². The Balaban J connectivity index is 2.32. The highest BCUT2D eigenvalue weighted by molar-refractivity contribution is 5.43. The SMILES string of the molecule is COc1ccc(C2NNC(C)C2CN)c(OC)c1. The van der Waals surface area contributed by atoms with Crippen molar-refractivity contribution in [1.29, 1.82) is 0 Å². The van der Waals surface area contributed by atoms with Crippen molar-refractivity contribution in [2.75, 3.05) is 20.8 Å². The molecule has 18 heavy (non-hydrogen) atoms. The van der Waals surface area contributed by atoms with E-state index >= 15 is 0 Å². The van der Waals surface area contributed by atoms with E-state index in [2.05, 4.69) is 17.8 Å². The van der Waals surface area contributed by atoms with Crippen LogP contribution in [0.2, 0.25) is 0 Å². The molecular formula is C13H21N3O2. The Morgan fingerprint density at radius 2 is 2.00 bits per heavy atom. The van der Waals surface area contributed by atoms with Gasteiger partial charge in [0.25, 0.3) is 0 Å². The van der Waals surface area contributed by atoms with Gasteiger partial charge in [-0.1, -0.05) is 6.07 Å². The summed E-state index contributed by atoms with van der Waals surface area (Å²) < 4.78 is 10.6. The number of hydrogen-bond donors (Lipinski definition) is 3. The normalized spacial score (nSPS) is 27.2. The lowest BCUT2D eigenvalue weighted by atomic mass is 9.90.